The molecule has 2 aliphatic heterocycles. The van der Waals surface area contributed by atoms with Crippen molar-refractivity contribution in [1.29, 1.82) is 0 Å². The summed E-state index contributed by atoms with van der Waals surface area (Å²) >= 11 is 0. The molecular weight excluding hydrogens is 458 g/mol. The number of rotatable bonds is 7. The van der Waals surface area contributed by atoms with Crippen LogP contribution >= 0.6 is 0 Å². The second-order valence-electron chi connectivity index (χ2n) is 9.11. The van der Waals surface area contributed by atoms with Crippen molar-refractivity contribution in [1.82, 2.24) is 19.7 Å². The summed E-state index contributed by atoms with van der Waals surface area (Å²) in [6, 6.07) is 12.2. The number of pyridine rings is 1. The van der Waals surface area contributed by atoms with Gasteiger partial charge in [0.05, 0.1) is 37.7 Å². The van der Waals surface area contributed by atoms with E-state index in [9.17, 15) is 14.7 Å². The van der Waals surface area contributed by atoms with Gasteiger partial charge in [-0.15, -0.1) is 0 Å². The van der Waals surface area contributed by atoms with Crippen molar-refractivity contribution in [2.75, 3.05) is 39.4 Å². The van der Waals surface area contributed by atoms with Gasteiger partial charge in [0.2, 0.25) is 5.78 Å². The molecule has 0 bridgehead atoms. The number of nitrogens with one attached hydrogen (secondary N) is 1. The van der Waals surface area contributed by atoms with Crippen molar-refractivity contribution in [2.24, 2.45) is 0 Å². The van der Waals surface area contributed by atoms with Gasteiger partial charge in [-0.1, -0.05) is 24.0 Å². The summed E-state index contributed by atoms with van der Waals surface area (Å²) in [5.41, 5.74) is 2.40. The number of hydrogen-bond donors (Lipinski definition) is 1. The van der Waals surface area contributed by atoms with Crippen LogP contribution in [0.25, 0.3) is 11.4 Å². The number of para-hydroxylation sites is 1. The smallest absolute Gasteiger partial charge is 0.295 e. The molecule has 0 spiro atoms. The summed E-state index contributed by atoms with van der Waals surface area (Å²) in [4.78, 5) is 33.5. The van der Waals surface area contributed by atoms with Gasteiger partial charge in [0.15, 0.2) is 0 Å². The van der Waals surface area contributed by atoms with Crippen LogP contribution in [0.2, 0.25) is 0 Å². The maximum Gasteiger partial charge on any atom is 0.295 e. The average molecular weight is 488 g/mol. The number of hydrogen-bond acceptors (Lipinski definition) is 6. The van der Waals surface area contributed by atoms with Crippen LogP contribution in [0.4, 0.5) is 0 Å². The van der Waals surface area contributed by atoms with E-state index in [1.807, 2.05) is 30.3 Å². The number of aromatic nitrogens is 3. The summed E-state index contributed by atoms with van der Waals surface area (Å²) in [6.07, 6.45) is 5.42. The van der Waals surface area contributed by atoms with Crippen LogP contribution < -0.4 is 10.0 Å². The topological polar surface area (TPSA) is 105 Å². The Kier molecular flexibility index (Phi) is 6.92. The fourth-order valence-corrected chi connectivity index (χ4v) is 5.01. The maximum absolute atomic E-state index is 13.8. The number of morpholine rings is 1. The molecule has 0 radical (unpaired) electrons. The summed E-state index contributed by atoms with van der Waals surface area (Å²) < 4.78 is 7.09. The Morgan fingerprint density at radius 2 is 1.83 bits per heavy atom. The summed E-state index contributed by atoms with van der Waals surface area (Å²) in [5.74, 6) is -1.84. The Morgan fingerprint density at radius 3 is 2.56 bits per heavy atom. The highest BCUT2D eigenvalue weighted by molar-refractivity contribution is 6.46. The molecule has 3 aromatic rings. The Hall–Kier alpha value is -3.82. The van der Waals surface area contributed by atoms with Gasteiger partial charge in [-0.25, -0.2) is 4.68 Å². The van der Waals surface area contributed by atoms with Crippen LogP contribution in [0.5, 0.6) is 0 Å². The van der Waals surface area contributed by atoms with Crippen molar-refractivity contribution in [2.45, 2.75) is 19.4 Å². The molecular formula is C27H29N5O4. The zero-order chi connectivity index (χ0) is 25.1. The lowest BCUT2D eigenvalue weighted by Gasteiger charge is -2.28. The molecule has 1 aromatic carbocycles. The Balaban J connectivity index is 1.49. The summed E-state index contributed by atoms with van der Waals surface area (Å²) in [6.45, 7) is 6.39. The van der Waals surface area contributed by atoms with E-state index in [2.05, 4.69) is 10.1 Å². The first-order valence-corrected chi connectivity index (χ1v) is 12.2. The maximum atomic E-state index is 13.8. The first-order chi connectivity index (χ1) is 17.6. The third-order valence-corrected chi connectivity index (χ3v) is 6.94. The van der Waals surface area contributed by atoms with Crippen LogP contribution in [0.3, 0.4) is 0 Å². The molecule has 2 fully saturated rings. The number of nitrogens with zero attached hydrogens (tertiary/aromatic N) is 4. The average Bonchev–Trinajstić information content (AvgIpc) is 3.42. The first kappa shape index (κ1) is 23.9. The van der Waals surface area contributed by atoms with Gasteiger partial charge in [0.1, 0.15) is 13.1 Å². The SMILES string of the molecule is Cc1c(C([O-])=C2C(=O)C(=O)N(CCC[NH+]3CCOCC3)C2c2ccncc2)cnn1-c1ccccc1. The van der Waals surface area contributed by atoms with Crippen LogP contribution in [0.1, 0.15) is 29.3 Å². The lowest BCUT2D eigenvalue weighted by molar-refractivity contribution is -0.908. The number of likely N-dealkylation sites (tertiary alicyclic amines) is 1. The minimum Gasteiger partial charge on any atom is -0.872 e. The number of benzene rings is 1. The van der Waals surface area contributed by atoms with E-state index in [1.54, 1.807) is 41.0 Å². The lowest BCUT2D eigenvalue weighted by atomic mass is 9.96. The number of carbonyl (C=O) groups is 2. The molecule has 0 saturated carbocycles. The number of ether oxygens (including phenoxy) is 1. The summed E-state index contributed by atoms with van der Waals surface area (Å²) in [5, 5.41) is 18.2. The van der Waals surface area contributed by atoms with Crippen molar-refractivity contribution in [3.8, 4) is 5.69 Å². The second kappa shape index (κ2) is 10.4. The molecule has 2 saturated heterocycles. The van der Waals surface area contributed by atoms with Gasteiger partial charge < -0.3 is 19.6 Å². The number of ketones is 1. The van der Waals surface area contributed by atoms with Crippen LogP contribution in [-0.4, -0.2) is 70.7 Å². The molecule has 1 atom stereocenters. The van der Waals surface area contributed by atoms with Gasteiger partial charge in [0, 0.05) is 42.2 Å². The molecule has 36 heavy (non-hydrogen) atoms. The third kappa shape index (κ3) is 4.55. The van der Waals surface area contributed by atoms with Gasteiger partial charge >= 0.3 is 0 Å². The van der Waals surface area contributed by atoms with E-state index < -0.39 is 23.5 Å². The molecule has 4 heterocycles. The fourth-order valence-electron chi connectivity index (χ4n) is 5.01. The lowest BCUT2D eigenvalue weighted by Crippen LogP contribution is -3.14. The minimum absolute atomic E-state index is 0.0272. The first-order valence-electron chi connectivity index (χ1n) is 12.2. The highest BCUT2D eigenvalue weighted by Gasteiger charge is 2.44. The Labute approximate surface area is 209 Å². The number of Topliss-reactive ketones (excluding diaryl/α,β-unsaturated/α-hetero) is 1. The van der Waals surface area contributed by atoms with E-state index in [-0.39, 0.29) is 5.57 Å². The van der Waals surface area contributed by atoms with E-state index in [1.165, 1.54) is 11.1 Å². The zero-order valence-corrected chi connectivity index (χ0v) is 20.2. The van der Waals surface area contributed by atoms with Gasteiger partial charge in [0.25, 0.3) is 5.91 Å². The number of quaternary nitrogens is 1. The molecule has 9 heteroatoms. The molecule has 0 aliphatic carbocycles. The summed E-state index contributed by atoms with van der Waals surface area (Å²) in [7, 11) is 0. The Bertz CT molecular complexity index is 1270. The molecule has 1 unspecified atom stereocenters. The van der Waals surface area contributed by atoms with Crippen molar-refractivity contribution >= 4 is 17.4 Å². The van der Waals surface area contributed by atoms with Crippen molar-refractivity contribution in [3.05, 3.63) is 83.4 Å². The molecule has 2 aliphatic rings. The van der Waals surface area contributed by atoms with Crippen LogP contribution in [-0.2, 0) is 14.3 Å². The van der Waals surface area contributed by atoms with Gasteiger partial charge in [-0.3, -0.25) is 14.6 Å². The number of amides is 1. The van der Waals surface area contributed by atoms with E-state index in [0.29, 0.717) is 23.4 Å². The fraction of sp³-hybridized carbons (Fsp3) is 0.333. The molecule has 1 amide bonds. The van der Waals surface area contributed by atoms with Crippen LogP contribution in [0.15, 0.2) is 66.6 Å². The van der Waals surface area contributed by atoms with Crippen LogP contribution in [0, 0.1) is 6.92 Å². The predicted molar refractivity (Wildman–Crippen MR) is 130 cm³/mol. The zero-order valence-electron chi connectivity index (χ0n) is 20.2. The second-order valence-corrected chi connectivity index (χ2v) is 9.11. The van der Waals surface area contributed by atoms with Gasteiger partial charge in [-0.05, 0) is 36.8 Å². The predicted octanol–water partition coefficient (Wildman–Crippen LogP) is 0.105. The van der Waals surface area contributed by atoms with E-state index >= 15 is 0 Å². The minimum atomic E-state index is -0.750. The van der Waals surface area contributed by atoms with E-state index in [4.69, 9.17) is 4.74 Å². The molecule has 5 rings (SSSR count). The largest absolute Gasteiger partial charge is 0.872 e. The molecule has 1 N–H and O–H groups in total. The monoisotopic (exact) mass is 487 g/mol. The highest BCUT2D eigenvalue weighted by atomic mass is 16.5. The van der Waals surface area contributed by atoms with Gasteiger partial charge in [-0.2, -0.15) is 5.10 Å². The molecule has 2 aromatic heterocycles. The normalized spacial score (nSPS) is 20.2. The van der Waals surface area contributed by atoms with Crippen molar-refractivity contribution < 1.29 is 24.3 Å². The Morgan fingerprint density at radius 1 is 1.11 bits per heavy atom. The van der Waals surface area contributed by atoms with E-state index in [0.717, 1.165) is 45.0 Å². The van der Waals surface area contributed by atoms with Crippen molar-refractivity contribution in [3.63, 3.8) is 0 Å². The molecule has 9 nitrogen and oxygen atoms in total. The highest BCUT2D eigenvalue weighted by Crippen LogP contribution is 2.39. The number of carbonyl (C=O) groups excluding carboxylic acids is 2. The standard InChI is InChI=1S/C27H29N5O4/c1-19-22(18-29-32(19)21-6-3-2-4-7-21)25(33)23-24(20-8-10-28-11-9-20)31(27(35)26(23)34)13-5-12-30-14-16-36-17-15-30/h2-4,6-11,18,24,33H,5,12-17H2,1H3. The molecule has 186 valence electrons. The third-order valence-electron chi connectivity index (χ3n) is 6.94. The quantitative estimate of drug-likeness (QED) is 0.288.